The number of carbonyl (C=O) groups is 1. The molecule has 0 unspecified atom stereocenters. The molecule has 8 nitrogen and oxygen atoms in total. The maximum atomic E-state index is 11.8. The molecule has 0 aliphatic carbocycles. The summed E-state index contributed by atoms with van der Waals surface area (Å²) in [5, 5.41) is 10.7. The van der Waals surface area contributed by atoms with Crippen LogP contribution >= 0.6 is 11.8 Å². The molecule has 0 saturated carbocycles. The number of aromatic nitrogens is 2. The van der Waals surface area contributed by atoms with Crippen molar-refractivity contribution in [2.45, 2.75) is 43.9 Å². The van der Waals surface area contributed by atoms with Crippen LogP contribution in [0.4, 0.5) is 0 Å². The van der Waals surface area contributed by atoms with Crippen molar-refractivity contribution in [3.05, 3.63) is 5.89 Å². The number of hydrogen-bond donors (Lipinski definition) is 1. The Hall–Kier alpha value is -1.13. The fourth-order valence-electron chi connectivity index (χ4n) is 2.59. The Bertz CT molecular complexity index is 632. The van der Waals surface area contributed by atoms with E-state index in [1.54, 1.807) is 11.2 Å². The first-order valence-electron chi connectivity index (χ1n) is 7.52. The van der Waals surface area contributed by atoms with Crippen molar-refractivity contribution >= 4 is 27.7 Å². The zero-order chi connectivity index (χ0) is 16.9. The molecular weight excluding hydrogens is 340 g/mol. The van der Waals surface area contributed by atoms with Crippen LogP contribution in [0.2, 0.25) is 0 Å². The number of carbonyl (C=O) groups excluding carboxylic acids is 1. The summed E-state index contributed by atoms with van der Waals surface area (Å²) in [6.45, 7) is 2.72. The van der Waals surface area contributed by atoms with E-state index in [0.29, 0.717) is 30.6 Å². The summed E-state index contributed by atoms with van der Waals surface area (Å²) >= 11 is 1.18. The van der Waals surface area contributed by atoms with Crippen molar-refractivity contribution in [3.8, 4) is 0 Å². The summed E-state index contributed by atoms with van der Waals surface area (Å²) in [5.74, 6) is 0.529. The van der Waals surface area contributed by atoms with Gasteiger partial charge in [-0.15, -0.1) is 10.2 Å². The molecule has 130 valence electrons. The lowest BCUT2D eigenvalue weighted by Gasteiger charge is -2.33. The van der Waals surface area contributed by atoms with Gasteiger partial charge in [0.25, 0.3) is 5.22 Å². The van der Waals surface area contributed by atoms with Crippen molar-refractivity contribution in [3.63, 3.8) is 0 Å². The van der Waals surface area contributed by atoms with E-state index in [4.69, 9.17) is 4.42 Å². The molecule has 0 aromatic carbocycles. The second-order valence-corrected chi connectivity index (χ2v) is 8.40. The third-order valence-corrected chi connectivity index (χ3v) is 5.78. The van der Waals surface area contributed by atoms with Gasteiger partial charge in [-0.1, -0.05) is 18.2 Å². The first kappa shape index (κ1) is 18.2. The SMILES string of the molecule is Cc1nnc(SCC(=O)NCC[C@@H]2CCCCN2S(C)(=O)=O)o1. The van der Waals surface area contributed by atoms with Gasteiger partial charge in [0.2, 0.25) is 21.8 Å². The normalized spacial score (nSPS) is 19.7. The first-order valence-corrected chi connectivity index (χ1v) is 10.4. The minimum atomic E-state index is -3.18. The lowest BCUT2D eigenvalue weighted by atomic mass is 10.0. The molecule has 1 aromatic heterocycles. The Morgan fingerprint density at radius 1 is 1.43 bits per heavy atom. The van der Waals surface area contributed by atoms with Crippen molar-refractivity contribution < 1.29 is 17.6 Å². The summed E-state index contributed by atoms with van der Waals surface area (Å²) in [4.78, 5) is 11.8. The van der Waals surface area contributed by atoms with Crippen molar-refractivity contribution in [1.82, 2.24) is 19.8 Å². The highest BCUT2D eigenvalue weighted by Gasteiger charge is 2.28. The van der Waals surface area contributed by atoms with Crippen LogP contribution in [0.25, 0.3) is 0 Å². The van der Waals surface area contributed by atoms with Crippen LogP contribution in [0.1, 0.15) is 31.6 Å². The number of nitrogens with zero attached hydrogens (tertiary/aromatic N) is 3. The number of aryl methyl sites for hydroxylation is 1. The van der Waals surface area contributed by atoms with Crippen LogP contribution in [0, 0.1) is 6.92 Å². The lowest BCUT2D eigenvalue weighted by molar-refractivity contribution is -0.118. The van der Waals surface area contributed by atoms with Gasteiger partial charge in [0.1, 0.15) is 0 Å². The summed E-state index contributed by atoms with van der Waals surface area (Å²) in [6.07, 6.45) is 4.64. The molecular formula is C13H22N4O4S2. The topological polar surface area (TPSA) is 105 Å². The van der Waals surface area contributed by atoms with Gasteiger partial charge in [-0.3, -0.25) is 4.79 Å². The largest absolute Gasteiger partial charge is 0.416 e. The molecule has 10 heteroatoms. The Labute approximate surface area is 140 Å². The maximum Gasteiger partial charge on any atom is 0.277 e. The molecule has 23 heavy (non-hydrogen) atoms. The molecule has 1 amide bonds. The average Bonchev–Trinajstić information content (AvgIpc) is 2.90. The third kappa shape index (κ3) is 5.78. The van der Waals surface area contributed by atoms with Crippen LogP contribution in [-0.2, 0) is 14.8 Å². The summed E-state index contributed by atoms with van der Waals surface area (Å²) < 4.78 is 30.3. The number of amides is 1. The van der Waals surface area contributed by atoms with Crippen molar-refractivity contribution in [2.75, 3.05) is 25.1 Å². The number of hydrogen-bond acceptors (Lipinski definition) is 7. The van der Waals surface area contributed by atoms with E-state index in [2.05, 4.69) is 15.5 Å². The third-order valence-electron chi connectivity index (χ3n) is 3.63. The molecule has 1 fully saturated rings. The Morgan fingerprint density at radius 3 is 2.87 bits per heavy atom. The highest BCUT2D eigenvalue weighted by atomic mass is 32.2. The van der Waals surface area contributed by atoms with Gasteiger partial charge < -0.3 is 9.73 Å². The average molecular weight is 362 g/mol. The quantitative estimate of drug-likeness (QED) is 0.715. The maximum absolute atomic E-state index is 11.8. The Kier molecular flexibility index (Phi) is 6.42. The second kappa shape index (κ2) is 8.11. The van der Waals surface area contributed by atoms with Crippen molar-refractivity contribution in [2.24, 2.45) is 0 Å². The highest BCUT2D eigenvalue weighted by Crippen LogP contribution is 2.22. The predicted octanol–water partition coefficient (Wildman–Crippen LogP) is 0.791. The lowest BCUT2D eigenvalue weighted by Crippen LogP contribution is -2.44. The minimum absolute atomic E-state index is 0.0229. The Balaban J connectivity index is 1.71. The second-order valence-electron chi connectivity index (χ2n) is 5.54. The van der Waals surface area contributed by atoms with E-state index in [0.717, 1.165) is 19.3 Å². The predicted molar refractivity (Wildman–Crippen MR) is 86.6 cm³/mol. The smallest absolute Gasteiger partial charge is 0.277 e. The minimum Gasteiger partial charge on any atom is -0.416 e. The molecule has 1 aliphatic rings. The van der Waals surface area contributed by atoms with Gasteiger partial charge in [-0.05, 0) is 19.3 Å². The zero-order valence-electron chi connectivity index (χ0n) is 13.3. The highest BCUT2D eigenvalue weighted by molar-refractivity contribution is 7.99. The molecule has 1 aliphatic heterocycles. The molecule has 1 atom stereocenters. The van der Waals surface area contributed by atoms with E-state index < -0.39 is 10.0 Å². The number of piperidine rings is 1. The molecule has 2 heterocycles. The molecule has 2 rings (SSSR count). The monoisotopic (exact) mass is 362 g/mol. The number of nitrogens with one attached hydrogen (secondary N) is 1. The zero-order valence-corrected chi connectivity index (χ0v) is 15.0. The van der Waals surface area contributed by atoms with Crippen LogP contribution in [0.5, 0.6) is 0 Å². The molecule has 0 radical (unpaired) electrons. The van der Waals surface area contributed by atoms with Gasteiger partial charge in [0.05, 0.1) is 12.0 Å². The van der Waals surface area contributed by atoms with E-state index in [-0.39, 0.29) is 17.7 Å². The fraction of sp³-hybridized carbons (Fsp3) is 0.769. The standard InChI is InChI=1S/C13H22N4O4S2/c1-10-15-16-13(21-10)22-9-12(18)14-7-6-11-5-3-4-8-17(11)23(2,19)20/h11H,3-9H2,1-2H3,(H,14,18)/t11-/m0/s1. The molecule has 1 aromatic rings. The van der Waals surface area contributed by atoms with Gasteiger partial charge in [0, 0.05) is 26.1 Å². The molecule has 1 N–H and O–H groups in total. The van der Waals surface area contributed by atoms with E-state index in [9.17, 15) is 13.2 Å². The van der Waals surface area contributed by atoms with Gasteiger partial charge in [-0.25, -0.2) is 8.42 Å². The number of rotatable bonds is 7. The summed E-state index contributed by atoms with van der Waals surface area (Å²) in [5.41, 5.74) is 0. The fourth-order valence-corrected chi connectivity index (χ4v) is 4.44. The van der Waals surface area contributed by atoms with Crippen LogP contribution < -0.4 is 5.32 Å². The van der Waals surface area contributed by atoms with Gasteiger partial charge in [-0.2, -0.15) is 4.31 Å². The van der Waals surface area contributed by atoms with Gasteiger partial charge >= 0.3 is 0 Å². The van der Waals surface area contributed by atoms with E-state index in [1.807, 2.05) is 0 Å². The number of thioether (sulfide) groups is 1. The van der Waals surface area contributed by atoms with E-state index >= 15 is 0 Å². The van der Waals surface area contributed by atoms with Crippen LogP contribution in [0.3, 0.4) is 0 Å². The molecule has 0 bridgehead atoms. The van der Waals surface area contributed by atoms with Crippen LogP contribution in [-0.4, -0.2) is 60.0 Å². The molecule has 0 spiro atoms. The van der Waals surface area contributed by atoms with E-state index in [1.165, 1.54) is 18.0 Å². The molecule has 1 saturated heterocycles. The summed E-state index contributed by atoms with van der Waals surface area (Å²) in [6, 6.07) is -0.0229. The van der Waals surface area contributed by atoms with Crippen molar-refractivity contribution in [1.29, 1.82) is 0 Å². The van der Waals surface area contributed by atoms with Crippen LogP contribution in [0.15, 0.2) is 9.64 Å². The Morgan fingerprint density at radius 2 is 2.22 bits per heavy atom. The summed E-state index contributed by atoms with van der Waals surface area (Å²) in [7, 11) is -3.18. The first-order chi connectivity index (χ1) is 10.9. The van der Waals surface area contributed by atoms with Gasteiger partial charge in [0.15, 0.2) is 0 Å². The number of sulfonamides is 1.